The van der Waals surface area contributed by atoms with Crippen LogP contribution in [0.25, 0.3) is 0 Å². The van der Waals surface area contributed by atoms with Crippen LogP contribution in [0, 0.1) is 0 Å². The van der Waals surface area contributed by atoms with Crippen molar-refractivity contribution >= 4 is 27.8 Å². The zero-order valence-corrected chi connectivity index (χ0v) is 13.3. The van der Waals surface area contributed by atoms with Crippen LogP contribution in [0.15, 0.2) is 22.7 Å². The molecule has 0 fully saturated rings. The summed E-state index contributed by atoms with van der Waals surface area (Å²) in [5, 5.41) is 11.7. The first kappa shape index (κ1) is 17.6. The number of halogens is 1. The fourth-order valence-electron chi connectivity index (χ4n) is 1.57. The highest BCUT2D eigenvalue weighted by Crippen LogP contribution is 2.16. The second-order valence-corrected chi connectivity index (χ2v) is 5.16. The SMILES string of the molecule is COCCOCCCNC(=O)c1cc(Br)cc(C(=O)O)c1. The Balaban J connectivity index is 2.40. The Morgan fingerprint density at radius 1 is 1.19 bits per heavy atom. The molecule has 2 N–H and O–H groups in total. The van der Waals surface area contributed by atoms with E-state index in [1.54, 1.807) is 13.2 Å². The highest BCUT2D eigenvalue weighted by Gasteiger charge is 2.11. The second kappa shape index (κ2) is 9.49. The number of carbonyl (C=O) groups excluding carboxylic acids is 1. The third kappa shape index (κ3) is 6.70. The second-order valence-electron chi connectivity index (χ2n) is 4.25. The molecule has 0 atom stereocenters. The van der Waals surface area contributed by atoms with Crippen molar-refractivity contribution in [3.8, 4) is 0 Å². The number of ether oxygens (including phenoxy) is 2. The van der Waals surface area contributed by atoms with Crippen molar-refractivity contribution in [3.05, 3.63) is 33.8 Å². The zero-order chi connectivity index (χ0) is 15.7. The molecule has 0 aliphatic rings. The van der Waals surface area contributed by atoms with Gasteiger partial charge in [0.05, 0.1) is 18.8 Å². The van der Waals surface area contributed by atoms with Gasteiger partial charge in [-0.3, -0.25) is 4.79 Å². The topological polar surface area (TPSA) is 84.9 Å². The number of benzene rings is 1. The largest absolute Gasteiger partial charge is 0.478 e. The Kier molecular flexibility index (Phi) is 7.96. The first-order valence-corrected chi connectivity index (χ1v) is 7.22. The number of aromatic carboxylic acids is 1. The van der Waals surface area contributed by atoms with E-state index in [4.69, 9.17) is 14.6 Å². The minimum atomic E-state index is -1.07. The lowest BCUT2D eigenvalue weighted by Crippen LogP contribution is -2.25. The van der Waals surface area contributed by atoms with Crippen LogP contribution in [0.1, 0.15) is 27.1 Å². The van der Waals surface area contributed by atoms with Crippen molar-refractivity contribution in [3.63, 3.8) is 0 Å². The predicted octanol–water partition coefficient (Wildman–Crippen LogP) is 1.93. The number of carbonyl (C=O) groups is 2. The number of carboxylic acid groups (broad SMARTS) is 1. The summed E-state index contributed by atoms with van der Waals surface area (Å²) in [6, 6.07) is 4.37. The summed E-state index contributed by atoms with van der Waals surface area (Å²) < 4.78 is 10.7. The van der Waals surface area contributed by atoms with E-state index in [0.29, 0.717) is 42.8 Å². The van der Waals surface area contributed by atoms with Crippen LogP contribution in [-0.4, -0.2) is 50.5 Å². The Hall–Kier alpha value is -1.44. The summed E-state index contributed by atoms with van der Waals surface area (Å²) in [4.78, 5) is 22.9. The third-order valence-electron chi connectivity index (χ3n) is 2.59. The predicted molar refractivity (Wildman–Crippen MR) is 80.7 cm³/mol. The van der Waals surface area contributed by atoms with Crippen molar-refractivity contribution in [1.29, 1.82) is 0 Å². The molecule has 21 heavy (non-hydrogen) atoms. The van der Waals surface area contributed by atoms with Gasteiger partial charge in [-0.25, -0.2) is 4.79 Å². The van der Waals surface area contributed by atoms with Gasteiger partial charge in [-0.05, 0) is 24.6 Å². The van der Waals surface area contributed by atoms with Gasteiger partial charge in [0, 0.05) is 30.3 Å². The monoisotopic (exact) mass is 359 g/mol. The van der Waals surface area contributed by atoms with Crippen LogP contribution in [-0.2, 0) is 9.47 Å². The Morgan fingerprint density at radius 3 is 2.57 bits per heavy atom. The standard InChI is InChI=1S/C14H18BrNO5/c1-20-5-6-21-4-2-3-16-13(17)10-7-11(14(18)19)9-12(15)8-10/h7-9H,2-6H2,1H3,(H,16,17)(H,18,19). The molecule has 0 aliphatic carbocycles. The molecule has 7 heteroatoms. The van der Waals surface area contributed by atoms with E-state index in [2.05, 4.69) is 21.2 Å². The number of hydrogen-bond acceptors (Lipinski definition) is 4. The summed E-state index contributed by atoms with van der Waals surface area (Å²) in [5.74, 6) is -1.38. The molecule has 1 amide bonds. The van der Waals surface area contributed by atoms with Crippen LogP contribution >= 0.6 is 15.9 Å². The van der Waals surface area contributed by atoms with Gasteiger partial charge in [-0.15, -0.1) is 0 Å². The molecule has 0 radical (unpaired) electrons. The average Bonchev–Trinajstić information content (AvgIpc) is 2.45. The van der Waals surface area contributed by atoms with Gasteiger partial charge in [-0.2, -0.15) is 0 Å². The molecule has 1 aromatic carbocycles. The van der Waals surface area contributed by atoms with Crippen molar-refractivity contribution < 1.29 is 24.2 Å². The van der Waals surface area contributed by atoms with Crippen molar-refractivity contribution in [2.24, 2.45) is 0 Å². The summed E-state index contributed by atoms with van der Waals surface area (Å²) in [7, 11) is 1.60. The van der Waals surface area contributed by atoms with Gasteiger partial charge in [-0.1, -0.05) is 15.9 Å². The highest BCUT2D eigenvalue weighted by molar-refractivity contribution is 9.10. The molecule has 0 saturated carbocycles. The number of carboxylic acids is 1. The Morgan fingerprint density at radius 2 is 1.90 bits per heavy atom. The molecule has 116 valence electrons. The van der Waals surface area contributed by atoms with Gasteiger partial charge in [0.1, 0.15) is 0 Å². The maximum Gasteiger partial charge on any atom is 0.335 e. The fourth-order valence-corrected chi connectivity index (χ4v) is 2.06. The number of hydrogen-bond donors (Lipinski definition) is 2. The van der Waals surface area contributed by atoms with Gasteiger partial charge in [0.15, 0.2) is 0 Å². The van der Waals surface area contributed by atoms with Crippen LogP contribution in [0.3, 0.4) is 0 Å². The maximum absolute atomic E-state index is 11.9. The van der Waals surface area contributed by atoms with Crippen LogP contribution < -0.4 is 5.32 Å². The lowest BCUT2D eigenvalue weighted by atomic mass is 10.1. The third-order valence-corrected chi connectivity index (χ3v) is 3.05. The molecule has 0 unspecified atom stereocenters. The van der Waals surface area contributed by atoms with Gasteiger partial charge < -0.3 is 19.9 Å². The molecule has 1 aromatic rings. The molecule has 0 heterocycles. The molecular weight excluding hydrogens is 342 g/mol. The minimum Gasteiger partial charge on any atom is -0.478 e. The van der Waals surface area contributed by atoms with Gasteiger partial charge in [0.25, 0.3) is 5.91 Å². The number of methoxy groups -OCH3 is 1. The van der Waals surface area contributed by atoms with E-state index in [0.717, 1.165) is 0 Å². The van der Waals surface area contributed by atoms with Crippen molar-refractivity contribution in [2.75, 3.05) is 33.5 Å². The number of amides is 1. The van der Waals surface area contributed by atoms with Crippen molar-refractivity contribution in [1.82, 2.24) is 5.32 Å². The van der Waals surface area contributed by atoms with Crippen LogP contribution in [0.2, 0.25) is 0 Å². The molecule has 0 aromatic heterocycles. The molecule has 6 nitrogen and oxygen atoms in total. The molecule has 0 bridgehead atoms. The first-order chi connectivity index (χ1) is 10.0. The summed E-state index contributed by atoms with van der Waals surface area (Å²) in [6.45, 7) is 2.06. The minimum absolute atomic E-state index is 0.0671. The van der Waals surface area contributed by atoms with Gasteiger partial charge in [0.2, 0.25) is 0 Å². The quantitative estimate of drug-likeness (QED) is 0.658. The molecular formula is C14H18BrNO5. The zero-order valence-electron chi connectivity index (χ0n) is 11.7. The number of nitrogens with one attached hydrogen (secondary N) is 1. The maximum atomic E-state index is 11.9. The highest BCUT2D eigenvalue weighted by atomic mass is 79.9. The van der Waals surface area contributed by atoms with E-state index in [9.17, 15) is 9.59 Å². The smallest absolute Gasteiger partial charge is 0.335 e. The van der Waals surface area contributed by atoms with E-state index in [-0.39, 0.29) is 11.5 Å². The van der Waals surface area contributed by atoms with Crippen LogP contribution in [0.4, 0.5) is 0 Å². The van der Waals surface area contributed by atoms with Gasteiger partial charge >= 0.3 is 5.97 Å². The van der Waals surface area contributed by atoms with E-state index < -0.39 is 5.97 Å². The fraction of sp³-hybridized carbons (Fsp3) is 0.429. The lowest BCUT2D eigenvalue weighted by Gasteiger charge is -2.07. The average molecular weight is 360 g/mol. The molecule has 0 saturated heterocycles. The molecule has 0 spiro atoms. The van der Waals surface area contributed by atoms with Crippen molar-refractivity contribution in [2.45, 2.75) is 6.42 Å². The molecule has 0 aliphatic heterocycles. The Labute approximate surface area is 131 Å². The summed E-state index contributed by atoms with van der Waals surface area (Å²) in [6.07, 6.45) is 0.676. The normalized spacial score (nSPS) is 10.4. The lowest BCUT2D eigenvalue weighted by molar-refractivity contribution is 0.0688. The van der Waals surface area contributed by atoms with E-state index in [1.807, 2.05) is 0 Å². The summed E-state index contributed by atoms with van der Waals surface area (Å²) >= 11 is 3.19. The molecule has 1 rings (SSSR count). The van der Waals surface area contributed by atoms with E-state index in [1.165, 1.54) is 12.1 Å². The number of rotatable bonds is 9. The van der Waals surface area contributed by atoms with E-state index >= 15 is 0 Å². The Bertz CT molecular complexity index is 492. The first-order valence-electron chi connectivity index (χ1n) is 6.43. The summed E-state index contributed by atoms with van der Waals surface area (Å²) in [5.41, 5.74) is 0.375. The van der Waals surface area contributed by atoms with Crippen LogP contribution in [0.5, 0.6) is 0 Å².